The highest BCUT2D eigenvalue weighted by Gasteiger charge is 2.05. The number of hydrogen-bond donors (Lipinski definition) is 1. The second kappa shape index (κ2) is 5.82. The molecule has 1 amide bonds. The first-order chi connectivity index (χ1) is 8.65. The van der Waals surface area contributed by atoms with Crippen LogP contribution >= 0.6 is 15.9 Å². The molecular formula is C13H14BrN3O. The summed E-state index contributed by atoms with van der Waals surface area (Å²) in [5.74, 6) is -0.00625. The molecule has 2 rings (SSSR count). The highest BCUT2D eigenvalue weighted by molar-refractivity contribution is 9.10. The molecule has 18 heavy (non-hydrogen) atoms. The van der Waals surface area contributed by atoms with Gasteiger partial charge in [-0.05, 0) is 40.5 Å². The van der Waals surface area contributed by atoms with Gasteiger partial charge in [-0.1, -0.05) is 6.07 Å². The van der Waals surface area contributed by atoms with E-state index in [4.69, 9.17) is 0 Å². The summed E-state index contributed by atoms with van der Waals surface area (Å²) in [6, 6.07) is 5.84. The number of aromatic nitrogens is 2. The maximum Gasteiger partial charge on any atom is 0.226 e. The summed E-state index contributed by atoms with van der Waals surface area (Å²) in [6.07, 6.45) is 5.68. The zero-order valence-corrected chi connectivity index (χ0v) is 11.6. The molecule has 0 aliphatic rings. The number of nitrogens with one attached hydrogen (secondary N) is 1. The fourth-order valence-electron chi connectivity index (χ4n) is 1.58. The number of anilines is 1. The zero-order valence-electron chi connectivity index (χ0n) is 10.1. The Bertz CT molecular complexity index is 537. The summed E-state index contributed by atoms with van der Waals surface area (Å²) in [7, 11) is 0. The summed E-state index contributed by atoms with van der Waals surface area (Å²) >= 11 is 3.44. The van der Waals surface area contributed by atoms with Crippen LogP contribution in [0.5, 0.6) is 0 Å². The number of carbonyl (C=O) groups is 1. The molecule has 5 heteroatoms. The number of amides is 1. The van der Waals surface area contributed by atoms with Crippen molar-refractivity contribution in [2.75, 3.05) is 5.32 Å². The van der Waals surface area contributed by atoms with Crippen molar-refractivity contribution in [2.24, 2.45) is 0 Å². The molecule has 1 heterocycles. The molecule has 1 N–H and O–H groups in total. The number of hydrogen-bond acceptors (Lipinski definition) is 2. The molecule has 1 aromatic carbocycles. The van der Waals surface area contributed by atoms with Crippen molar-refractivity contribution in [2.45, 2.75) is 19.9 Å². The molecule has 0 saturated heterocycles. The van der Waals surface area contributed by atoms with E-state index < -0.39 is 0 Å². The maximum atomic E-state index is 11.8. The van der Waals surface area contributed by atoms with Gasteiger partial charge < -0.3 is 9.88 Å². The van der Waals surface area contributed by atoms with Crippen LogP contribution in [0, 0.1) is 6.92 Å². The average molecular weight is 308 g/mol. The third kappa shape index (κ3) is 3.43. The molecule has 0 fully saturated rings. The lowest BCUT2D eigenvalue weighted by molar-refractivity contribution is -0.116. The van der Waals surface area contributed by atoms with Crippen LogP contribution in [-0.4, -0.2) is 15.5 Å². The van der Waals surface area contributed by atoms with Gasteiger partial charge in [0, 0.05) is 29.8 Å². The molecule has 0 atom stereocenters. The average Bonchev–Trinajstić information content (AvgIpc) is 2.83. The van der Waals surface area contributed by atoms with Gasteiger partial charge in [0.05, 0.1) is 12.0 Å². The number of imidazole rings is 1. The van der Waals surface area contributed by atoms with Gasteiger partial charge >= 0.3 is 0 Å². The molecular weight excluding hydrogens is 294 g/mol. The predicted octanol–water partition coefficient (Wildman–Crippen LogP) is 2.98. The number of carbonyl (C=O) groups excluding carboxylic acids is 1. The van der Waals surface area contributed by atoms with E-state index in [1.165, 1.54) is 0 Å². The van der Waals surface area contributed by atoms with E-state index in [0.29, 0.717) is 13.0 Å². The molecule has 94 valence electrons. The molecule has 0 unspecified atom stereocenters. The zero-order chi connectivity index (χ0) is 13.0. The van der Waals surface area contributed by atoms with Gasteiger partial charge in [-0.2, -0.15) is 0 Å². The van der Waals surface area contributed by atoms with Crippen molar-refractivity contribution in [3.63, 3.8) is 0 Å². The van der Waals surface area contributed by atoms with Crippen molar-refractivity contribution >= 4 is 27.5 Å². The first-order valence-corrected chi connectivity index (χ1v) is 6.46. The summed E-state index contributed by atoms with van der Waals surface area (Å²) in [6.45, 7) is 2.64. The van der Waals surface area contributed by atoms with Crippen LogP contribution in [-0.2, 0) is 11.3 Å². The Labute approximate surface area is 114 Å². The van der Waals surface area contributed by atoms with Gasteiger partial charge in [0.2, 0.25) is 5.91 Å². The van der Waals surface area contributed by atoms with Crippen molar-refractivity contribution < 1.29 is 4.79 Å². The smallest absolute Gasteiger partial charge is 0.226 e. The normalized spacial score (nSPS) is 10.3. The van der Waals surface area contributed by atoms with Crippen molar-refractivity contribution in [1.29, 1.82) is 0 Å². The third-order valence-electron chi connectivity index (χ3n) is 2.55. The second-order valence-corrected chi connectivity index (χ2v) is 4.94. The van der Waals surface area contributed by atoms with Crippen LogP contribution in [0.15, 0.2) is 41.4 Å². The van der Waals surface area contributed by atoms with Gasteiger partial charge in [-0.25, -0.2) is 4.98 Å². The first kappa shape index (κ1) is 12.8. The number of nitrogens with zero attached hydrogens (tertiary/aromatic N) is 2. The van der Waals surface area contributed by atoms with Crippen LogP contribution in [0.1, 0.15) is 12.0 Å². The van der Waals surface area contributed by atoms with E-state index in [-0.39, 0.29) is 5.91 Å². The summed E-state index contributed by atoms with van der Waals surface area (Å²) in [5, 5.41) is 2.88. The second-order valence-electron chi connectivity index (χ2n) is 4.08. The molecule has 0 spiro atoms. The van der Waals surface area contributed by atoms with Crippen molar-refractivity contribution in [3.8, 4) is 0 Å². The van der Waals surface area contributed by atoms with E-state index in [1.807, 2.05) is 35.9 Å². The van der Waals surface area contributed by atoms with Gasteiger partial charge in [0.15, 0.2) is 0 Å². The first-order valence-electron chi connectivity index (χ1n) is 5.67. The Morgan fingerprint density at radius 2 is 2.33 bits per heavy atom. The lowest BCUT2D eigenvalue weighted by Gasteiger charge is -2.08. The van der Waals surface area contributed by atoms with Gasteiger partial charge in [-0.15, -0.1) is 0 Å². The Morgan fingerprint density at radius 1 is 1.50 bits per heavy atom. The topological polar surface area (TPSA) is 46.9 Å². The molecule has 2 aromatic rings. The van der Waals surface area contributed by atoms with Gasteiger partial charge in [0.25, 0.3) is 0 Å². The van der Waals surface area contributed by atoms with Gasteiger partial charge in [-0.3, -0.25) is 4.79 Å². The Hall–Kier alpha value is -1.62. The summed E-state index contributed by atoms with van der Waals surface area (Å²) in [5.41, 5.74) is 1.95. The van der Waals surface area contributed by atoms with Crippen molar-refractivity contribution in [1.82, 2.24) is 9.55 Å². The summed E-state index contributed by atoms with van der Waals surface area (Å²) < 4.78 is 2.78. The molecule has 0 aliphatic carbocycles. The van der Waals surface area contributed by atoms with E-state index >= 15 is 0 Å². The van der Waals surface area contributed by atoms with E-state index in [2.05, 4.69) is 26.2 Å². The maximum absolute atomic E-state index is 11.8. The van der Waals surface area contributed by atoms with Crippen LogP contribution in [0.25, 0.3) is 0 Å². The number of benzene rings is 1. The lowest BCUT2D eigenvalue weighted by atomic mass is 10.2. The van der Waals surface area contributed by atoms with E-state index in [9.17, 15) is 4.79 Å². The third-order valence-corrected chi connectivity index (χ3v) is 3.21. The summed E-state index contributed by atoms with van der Waals surface area (Å²) in [4.78, 5) is 15.7. The van der Waals surface area contributed by atoms with Crippen molar-refractivity contribution in [3.05, 3.63) is 47.0 Å². The largest absolute Gasteiger partial charge is 0.337 e. The standard InChI is InChI=1S/C13H14BrN3O/c1-10-2-3-12(11(14)8-10)16-13(18)4-6-17-7-5-15-9-17/h2-3,5,7-9H,4,6H2,1H3,(H,16,18). The van der Waals surface area contributed by atoms with Crippen LogP contribution in [0.2, 0.25) is 0 Å². The lowest BCUT2D eigenvalue weighted by Crippen LogP contribution is -2.14. The minimum absolute atomic E-state index is 0.00625. The Kier molecular flexibility index (Phi) is 4.15. The number of rotatable bonds is 4. The molecule has 0 radical (unpaired) electrons. The van der Waals surface area contributed by atoms with E-state index in [1.54, 1.807) is 12.5 Å². The van der Waals surface area contributed by atoms with Crippen LogP contribution in [0.3, 0.4) is 0 Å². The highest BCUT2D eigenvalue weighted by Crippen LogP contribution is 2.23. The van der Waals surface area contributed by atoms with Gasteiger partial charge in [0.1, 0.15) is 0 Å². The fourth-order valence-corrected chi connectivity index (χ4v) is 2.18. The van der Waals surface area contributed by atoms with E-state index in [0.717, 1.165) is 15.7 Å². The number of halogens is 1. The number of aryl methyl sites for hydroxylation is 2. The minimum Gasteiger partial charge on any atom is -0.337 e. The molecule has 0 aliphatic heterocycles. The molecule has 1 aromatic heterocycles. The molecule has 0 saturated carbocycles. The Balaban J connectivity index is 1.91. The predicted molar refractivity (Wildman–Crippen MR) is 74.4 cm³/mol. The van der Waals surface area contributed by atoms with Crippen LogP contribution in [0.4, 0.5) is 5.69 Å². The minimum atomic E-state index is -0.00625. The SMILES string of the molecule is Cc1ccc(NC(=O)CCn2ccnc2)c(Br)c1. The highest BCUT2D eigenvalue weighted by atomic mass is 79.9. The molecule has 0 bridgehead atoms. The quantitative estimate of drug-likeness (QED) is 0.944. The monoisotopic (exact) mass is 307 g/mol. The van der Waals surface area contributed by atoms with Crippen LogP contribution < -0.4 is 5.32 Å². The molecule has 4 nitrogen and oxygen atoms in total. The fraction of sp³-hybridized carbons (Fsp3) is 0.231. The Morgan fingerprint density at radius 3 is 3.00 bits per heavy atom.